The Labute approximate surface area is 148 Å². The van der Waals surface area contributed by atoms with Gasteiger partial charge in [-0.3, -0.25) is 14.9 Å². The van der Waals surface area contributed by atoms with E-state index in [1.807, 2.05) is 38.1 Å². The third-order valence-electron chi connectivity index (χ3n) is 3.84. The van der Waals surface area contributed by atoms with Crippen molar-refractivity contribution >= 4 is 45.7 Å². The van der Waals surface area contributed by atoms with Crippen LogP contribution in [-0.2, 0) is 9.59 Å². The van der Waals surface area contributed by atoms with Gasteiger partial charge in [0.2, 0.25) is 5.13 Å². The molecule has 2 heterocycles. The number of carbonyl (C=O) groups excluding carboxylic acids is 2. The SMILES string of the molecule is CC(C)c1nnc(NC(=O)C2(C)Sc3ccccc3N(C)C2=O)s1. The van der Waals surface area contributed by atoms with E-state index in [1.165, 1.54) is 28.0 Å². The third kappa shape index (κ3) is 2.80. The number of thioether (sulfide) groups is 1. The van der Waals surface area contributed by atoms with Crippen LogP contribution in [-0.4, -0.2) is 33.8 Å². The molecule has 3 rings (SSSR count). The van der Waals surface area contributed by atoms with Crippen molar-refractivity contribution in [2.75, 3.05) is 17.3 Å². The van der Waals surface area contributed by atoms with Crippen LogP contribution in [0.1, 0.15) is 31.7 Å². The molecule has 0 saturated heterocycles. The molecule has 0 spiro atoms. The van der Waals surface area contributed by atoms with Crippen LogP contribution in [0.25, 0.3) is 0 Å². The highest BCUT2D eigenvalue weighted by molar-refractivity contribution is 8.02. The van der Waals surface area contributed by atoms with Gasteiger partial charge in [-0.25, -0.2) is 0 Å². The van der Waals surface area contributed by atoms with Gasteiger partial charge >= 0.3 is 0 Å². The Morgan fingerprint density at radius 3 is 2.67 bits per heavy atom. The average Bonchev–Trinajstić information content (AvgIpc) is 3.01. The molecule has 8 heteroatoms. The fourth-order valence-electron chi connectivity index (χ4n) is 2.39. The lowest BCUT2D eigenvalue weighted by molar-refractivity contribution is -0.128. The number of nitrogens with zero attached hydrogens (tertiary/aromatic N) is 3. The second-order valence-corrected chi connectivity index (χ2v) is 8.49. The van der Waals surface area contributed by atoms with Gasteiger partial charge in [0, 0.05) is 17.9 Å². The molecule has 0 fully saturated rings. The van der Waals surface area contributed by atoms with E-state index in [4.69, 9.17) is 0 Å². The zero-order valence-electron chi connectivity index (χ0n) is 13.9. The van der Waals surface area contributed by atoms with E-state index < -0.39 is 4.75 Å². The highest BCUT2D eigenvalue weighted by atomic mass is 32.2. The summed E-state index contributed by atoms with van der Waals surface area (Å²) in [6, 6.07) is 7.56. The van der Waals surface area contributed by atoms with Crippen molar-refractivity contribution in [2.24, 2.45) is 0 Å². The van der Waals surface area contributed by atoms with E-state index in [-0.39, 0.29) is 17.7 Å². The monoisotopic (exact) mass is 362 g/mol. The molecule has 0 saturated carbocycles. The Balaban J connectivity index is 1.87. The smallest absolute Gasteiger partial charge is 0.252 e. The first-order valence-corrected chi connectivity index (χ1v) is 9.17. The van der Waals surface area contributed by atoms with Gasteiger partial charge in [0.15, 0.2) is 4.75 Å². The van der Waals surface area contributed by atoms with Crippen molar-refractivity contribution < 1.29 is 9.59 Å². The van der Waals surface area contributed by atoms with Crippen molar-refractivity contribution in [1.29, 1.82) is 0 Å². The van der Waals surface area contributed by atoms with Crippen LogP contribution in [0.2, 0.25) is 0 Å². The predicted molar refractivity (Wildman–Crippen MR) is 96.7 cm³/mol. The van der Waals surface area contributed by atoms with E-state index in [1.54, 1.807) is 14.0 Å². The molecule has 0 bridgehead atoms. The van der Waals surface area contributed by atoms with Crippen LogP contribution in [0, 0.1) is 0 Å². The molecular formula is C16H18N4O2S2. The summed E-state index contributed by atoms with van der Waals surface area (Å²) in [5.74, 6) is -0.393. The fourth-order valence-corrected chi connectivity index (χ4v) is 4.40. The van der Waals surface area contributed by atoms with Crippen molar-refractivity contribution in [1.82, 2.24) is 10.2 Å². The number of aromatic nitrogens is 2. The number of benzene rings is 1. The first-order chi connectivity index (χ1) is 11.3. The Hall–Kier alpha value is -1.93. The lowest BCUT2D eigenvalue weighted by atomic mass is 10.1. The highest BCUT2D eigenvalue weighted by Crippen LogP contribution is 2.45. The summed E-state index contributed by atoms with van der Waals surface area (Å²) in [5.41, 5.74) is 0.816. The molecule has 126 valence electrons. The van der Waals surface area contributed by atoms with E-state index in [0.29, 0.717) is 5.13 Å². The Morgan fingerprint density at radius 2 is 2.00 bits per heavy atom. The number of carbonyl (C=O) groups is 2. The van der Waals surface area contributed by atoms with Gasteiger partial charge in [-0.2, -0.15) is 0 Å². The maximum Gasteiger partial charge on any atom is 0.252 e. The first kappa shape index (κ1) is 16.9. The van der Waals surface area contributed by atoms with E-state index >= 15 is 0 Å². The van der Waals surface area contributed by atoms with Crippen molar-refractivity contribution in [3.05, 3.63) is 29.3 Å². The number of fused-ring (bicyclic) bond motifs is 1. The van der Waals surface area contributed by atoms with Crippen LogP contribution in [0.15, 0.2) is 29.2 Å². The minimum Gasteiger partial charge on any atom is -0.313 e. The molecule has 2 amide bonds. The normalized spacial score (nSPS) is 20.2. The topological polar surface area (TPSA) is 75.2 Å². The van der Waals surface area contributed by atoms with Gasteiger partial charge in [0.1, 0.15) is 5.01 Å². The number of rotatable bonds is 3. The van der Waals surface area contributed by atoms with Crippen LogP contribution in [0.4, 0.5) is 10.8 Å². The molecule has 0 aliphatic carbocycles. The van der Waals surface area contributed by atoms with E-state index in [9.17, 15) is 9.59 Å². The van der Waals surface area contributed by atoms with Crippen molar-refractivity contribution in [3.63, 3.8) is 0 Å². The van der Waals surface area contributed by atoms with Gasteiger partial charge in [-0.05, 0) is 19.1 Å². The van der Waals surface area contributed by atoms with Gasteiger partial charge in [-0.1, -0.05) is 49.1 Å². The van der Waals surface area contributed by atoms with Gasteiger partial charge in [0.05, 0.1) is 5.69 Å². The minimum absolute atomic E-state index is 0.243. The lowest BCUT2D eigenvalue weighted by Crippen LogP contribution is -2.53. The van der Waals surface area contributed by atoms with E-state index in [2.05, 4.69) is 15.5 Å². The predicted octanol–water partition coefficient (Wildman–Crippen LogP) is 3.13. The Bertz CT molecular complexity index is 805. The van der Waals surface area contributed by atoms with Crippen LogP contribution in [0.5, 0.6) is 0 Å². The summed E-state index contributed by atoms with van der Waals surface area (Å²) >= 11 is 2.60. The summed E-state index contributed by atoms with van der Waals surface area (Å²) < 4.78 is -1.24. The number of hydrogen-bond donors (Lipinski definition) is 1. The summed E-state index contributed by atoms with van der Waals surface area (Å²) in [5, 5.41) is 12.1. The molecular weight excluding hydrogens is 344 g/mol. The maximum atomic E-state index is 12.8. The fraction of sp³-hybridized carbons (Fsp3) is 0.375. The van der Waals surface area contributed by atoms with Crippen LogP contribution in [0.3, 0.4) is 0 Å². The van der Waals surface area contributed by atoms with Gasteiger partial charge in [0.25, 0.3) is 11.8 Å². The second kappa shape index (κ2) is 6.18. The molecule has 24 heavy (non-hydrogen) atoms. The highest BCUT2D eigenvalue weighted by Gasteiger charge is 2.48. The summed E-state index contributed by atoms with van der Waals surface area (Å²) in [7, 11) is 1.69. The minimum atomic E-state index is -1.24. The number of hydrogen-bond acceptors (Lipinski definition) is 6. The van der Waals surface area contributed by atoms with E-state index in [0.717, 1.165) is 15.6 Å². The third-order valence-corrected chi connectivity index (χ3v) is 6.31. The largest absolute Gasteiger partial charge is 0.313 e. The molecule has 1 N–H and O–H groups in total. The average molecular weight is 362 g/mol. The standard InChI is InChI=1S/C16H18N4O2S2/c1-9(2)12-18-19-15(23-12)17-13(21)16(3)14(22)20(4)10-7-5-6-8-11(10)24-16/h5-9H,1-4H3,(H,17,19,21). The number of amides is 2. The molecule has 1 unspecified atom stereocenters. The molecule has 1 aromatic carbocycles. The summed E-state index contributed by atoms with van der Waals surface area (Å²) in [4.78, 5) is 28.0. The van der Waals surface area contributed by atoms with Gasteiger partial charge < -0.3 is 4.90 Å². The number of anilines is 2. The zero-order valence-corrected chi connectivity index (χ0v) is 15.5. The lowest BCUT2D eigenvalue weighted by Gasteiger charge is -2.36. The molecule has 1 aliphatic heterocycles. The number of para-hydroxylation sites is 1. The molecule has 0 radical (unpaired) electrons. The maximum absolute atomic E-state index is 12.8. The molecule has 1 aromatic heterocycles. The molecule has 6 nitrogen and oxygen atoms in total. The molecule has 2 aromatic rings. The summed E-state index contributed by atoms with van der Waals surface area (Å²) in [6.07, 6.45) is 0. The Morgan fingerprint density at radius 1 is 1.29 bits per heavy atom. The van der Waals surface area contributed by atoms with Gasteiger partial charge in [-0.15, -0.1) is 10.2 Å². The number of nitrogens with one attached hydrogen (secondary N) is 1. The van der Waals surface area contributed by atoms with Crippen LogP contribution < -0.4 is 10.2 Å². The molecule has 1 aliphatic rings. The zero-order chi connectivity index (χ0) is 17.5. The Kier molecular flexibility index (Phi) is 4.35. The van der Waals surface area contributed by atoms with Crippen molar-refractivity contribution in [3.8, 4) is 0 Å². The van der Waals surface area contributed by atoms with Crippen molar-refractivity contribution in [2.45, 2.75) is 36.3 Å². The molecule has 1 atom stereocenters. The second-order valence-electron chi connectivity index (χ2n) is 6.02. The quantitative estimate of drug-likeness (QED) is 0.849. The van der Waals surface area contributed by atoms with Crippen LogP contribution >= 0.6 is 23.1 Å². The summed E-state index contributed by atoms with van der Waals surface area (Å²) in [6.45, 7) is 5.67. The first-order valence-electron chi connectivity index (χ1n) is 7.54.